The van der Waals surface area contributed by atoms with Gasteiger partial charge in [-0.15, -0.1) is 0 Å². The Balaban J connectivity index is 2.08. The highest BCUT2D eigenvalue weighted by Gasteiger charge is 2.03. The number of hydrogen-bond donors (Lipinski definition) is 2. The number of nitrogens with two attached hydrogens (primary N) is 1. The highest BCUT2D eigenvalue weighted by atomic mass is 35.5. The number of rotatable bonds is 3. The Morgan fingerprint density at radius 3 is 3.00 bits per heavy atom. The molecule has 1 aromatic carbocycles. The van der Waals surface area contributed by atoms with Crippen LogP contribution in [0.2, 0.25) is 5.02 Å². The van der Waals surface area contributed by atoms with Crippen molar-refractivity contribution >= 4 is 23.0 Å². The van der Waals surface area contributed by atoms with E-state index in [1.807, 2.05) is 12.1 Å². The molecule has 0 aliphatic heterocycles. The Kier molecular flexibility index (Phi) is 2.78. The summed E-state index contributed by atoms with van der Waals surface area (Å²) in [6.07, 6.45) is 1.53. The van der Waals surface area contributed by atoms with Crippen LogP contribution in [0, 0.1) is 0 Å². The molecule has 4 nitrogen and oxygen atoms in total. The molecular weight excluding hydrogens is 214 g/mol. The van der Waals surface area contributed by atoms with Crippen molar-refractivity contribution in [2.45, 2.75) is 6.54 Å². The lowest BCUT2D eigenvalue weighted by molar-refractivity contribution is 0.412. The number of benzene rings is 1. The van der Waals surface area contributed by atoms with E-state index in [9.17, 15) is 0 Å². The second-order valence-corrected chi connectivity index (χ2v) is 3.45. The summed E-state index contributed by atoms with van der Waals surface area (Å²) in [5.41, 5.74) is 7.94. The van der Waals surface area contributed by atoms with Crippen molar-refractivity contribution < 1.29 is 4.52 Å². The Morgan fingerprint density at radius 2 is 2.27 bits per heavy atom. The average molecular weight is 224 g/mol. The van der Waals surface area contributed by atoms with Gasteiger partial charge < -0.3 is 15.6 Å². The first kappa shape index (κ1) is 9.86. The molecule has 0 amide bonds. The van der Waals surface area contributed by atoms with Gasteiger partial charge in [0.15, 0.2) is 0 Å². The standard InChI is InChI=1S/C10H10ClN3O/c11-8-2-1-3-9(10(8)12)13-6-7-4-5-15-14-7/h1-5,13H,6,12H2. The summed E-state index contributed by atoms with van der Waals surface area (Å²) < 4.78 is 4.71. The molecule has 2 aromatic rings. The van der Waals surface area contributed by atoms with Crippen LogP contribution in [0.25, 0.3) is 0 Å². The van der Waals surface area contributed by atoms with Crippen LogP contribution < -0.4 is 11.1 Å². The number of aromatic nitrogens is 1. The molecule has 0 bridgehead atoms. The molecule has 0 saturated carbocycles. The lowest BCUT2D eigenvalue weighted by Gasteiger charge is -2.08. The number of para-hydroxylation sites is 1. The topological polar surface area (TPSA) is 64.1 Å². The van der Waals surface area contributed by atoms with Gasteiger partial charge in [-0.3, -0.25) is 0 Å². The highest BCUT2D eigenvalue weighted by Crippen LogP contribution is 2.26. The van der Waals surface area contributed by atoms with Gasteiger partial charge in [0.25, 0.3) is 0 Å². The Morgan fingerprint density at radius 1 is 1.40 bits per heavy atom. The minimum Gasteiger partial charge on any atom is -0.396 e. The van der Waals surface area contributed by atoms with Crippen molar-refractivity contribution in [3.05, 3.63) is 41.2 Å². The van der Waals surface area contributed by atoms with Crippen LogP contribution in [0.5, 0.6) is 0 Å². The normalized spacial score (nSPS) is 10.2. The van der Waals surface area contributed by atoms with Gasteiger partial charge in [0.2, 0.25) is 0 Å². The Hall–Kier alpha value is -1.68. The summed E-state index contributed by atoms with van der Waals surface area (Å²) in [5, 5.41) is 7.44. The summed E-state index contributed by atoms with van der Waals surface area (Å²) >= 11 is 5.88. The van der Waals surface area contributed by atoms with Crippen LogP contribution in [0.3, 0.4) is 0 Å². The van der Waals surface area contributed by atoms with E-state index < -0.39 is 0 Å². The van der Waals surface area contributed by atoms with Crippen molar-refractivity contribution in [3.63, 3.8) is 0 Å². The zero-order chi connectivity index (χ0) is 10.7. The quantitative estimate of drug-likeness (QED) is 0.785. The van der Waals surface area contributed by atoms with E-state index in [1.54, 1.807) is 12.1 Å². The van der Waals surface area contributed by atoms with Gasteiger partial charge in [-0.2, -0.15) is 0 Å². The van der Waals surface area contributed by atoms with E-state index in [4.69, 9.17) is 21.9 Å². The molecule has 0 atom stereocenters. The van der Waals surface area contributed by atoms with Gasteiger partial charge >= 0.3 is 0 Å². The molecule has 0 fully saturated rings. The van der Waals surface area contributed by atoms with E-state index in [1.165, 1.54) is 6.26 Å². The lowest BCUT2D eigenvalue weighted by Crippen LogP contribution is -2.02. The highest BCUT2D eigenvalue weighted by molar-refractivity contribution is 6.33. The molecule has 0 radical (unpaired) electrons. The molecule has 0 aliphatic rings. The second-order valence-electron chi connectivity index (χ2n) is 3.05. The summed E-state index contributed by atoms with van der Waals surface area (Å²) in [6, 6.07) is 7.23. The average Bonchev–Trinajstić information content (AvgIpc) is 2.73. The fourth-order valence-electron chi connectivity index (χ4n) is 1.21. The van der Waals surface area contributed by atoms with Gasteiger partial charge in [0, 0.05) is 6.07 Å². The van der Waals surface area contributed by atoms with Crippen molar-refractivity contribution in [3.8, 4) is 0 Å². The molecule has 78 valence electrons. The molecule has 1 heterocycles. The molecule has 0 unspecified atom stereocenters. The molecule has 3 N–H and O–H groups in total. The maximum Gasteiger partial charge on any atom is 0.124 e. The van der Waals surface area contributed by atoms with E-state index >= 15 is 0 Å². The number of nitrogen functional groups attached to an aromatic ring is 1. The molecule has 0 aliphatic carbocycles. The first-order chi connectivity index (χ1) is 7.27. The first-order valence-corrected chi connectivity index (χ1v) is 4.82. The zero-order valence-electron chi connectivity index (χ0n) is 7.90. The SMILES string of the molecule is Nc1c(Cl)cccc1NCc1ccon1. The molecule has 0 saturated heterocycles. The molecule has 5 heteroatoms. The summed E-state index contributed by atoms with van der Waals surface area (Å²) in [4.78, 5) is 0. The predicted octanol–water partition coefficient (Wildman–Crippen LogP) is 2.52. The van der Waals surface area contributed by atoms with E-state index in [-0.39, 0.29) is 0 Å². The third kappa shape index (κ3) is 2.22. The fourth-order valence-corrected chi connectivity index (χ4v) is 1.38. The number of hydrogen-bond acceptors (Lipinski definition) is 4. The van der Waals surface area contributed by atoms with Crippen LogP contribution >= 0.6 is 11.6 Å². The van der Waals surface area contributed by atoms with Crippen molar-refractivity contribution in [1.82, 2.24) is 5.16 Å². The second kappa shape index (κ2) is 4.23. The predicted molar refractivity (Wildman–Crippen MR) is 59.7 cm³/mol. The minimum absolute atomic E-state index is 0.542. The summed E-state index contributed by atoms with van der Waals surface area (Å²) in [5.74, 6) is 0. The van der Waals surface area contributed by atoms with Crippen molar-refractivity contribution in [2.75, 3.05) is 11.1 Å². The van der Waals surface area contributed by atoms with Crippen LogP contribution in [-0.4, -0.2) is 5.16 Å². The van der Waals surface area contributed by atoms with E-state index in [0.29, 0.717) is 17.3 Å². The van der Waals surface area contributed by atoms with Gasteiger partial charge in [-0.25, -0.2) is 0 Å². The van der Waals surface area contributed by atoms with Crippen LogP contribution in [0.15, 0.2) is 35.1 Å². The van der Waals surface area contributed by atoms with Gasteiger partial charge in [0.05, 0.1) is 22.9 Å². The smallest absolute Gasteiger partial charge is 0.124 e. The maximum absolute atomic E-state index is 5.88. The van der Waals surface area contributed by atoms with Gasteiger partial charge in [-0.05, 0) is 12.1 Å². The van der Waals surface area contributed by atoms with Crippen LogP contribution in [0.4, 0.5) is 11.4 Å². The van der Waals surface area contributed by atoms with E-state index in [0.717, 1.165) is 11.4 Å². The summed E-state index contributed by atoms with van der Waals surface area (Å²) in [7, 11) is 0. The first-order valence-electron chi connectivity index (χ1n) is 4.44. The number of halogens is 1. The Labute approximate surface area is 92.0 Å². The lowest BCUT2D eigenvalue weighted by atomic mass is 10.2. The van der Waals surface area contributed by atoms with Crippen LogP contribution in [0.1, 0.15) is 5.69 Å². The summed E-state index contributed by atoms with van der Waals surface area (Å²) in [6.45, 7) is 0.557. The number of nitrogens with zero attached hydrogens (tertiary/aromatic N) is 1. The van der Waals surface area contributed by atoms with Crippen molar-refractivity contribution in [1.29, 1.82) is 0 Å². The minimum atomic E-state index is 0.542. The largest absolute Gasteiger partial charge is 0.396 e. The molecule has 1 aromatic heterocycles. The molecule has 15 heavy (non-hydrogen) atoms. The monoisotopic (exact) mass is 223 g/mol. The number of anilines is 2. The maximum atomic E-state index is 5.88. The molecule has 2 rings (SSSR count). The number of nitrogens with one attached hydrogen (secondary N) is 1. The Bertz CT molecular complexity index is 442. The zero-order valence-corrected chi connectivity index (χ0v) is 8.66. The molecular formula is C10H10ClN3O. The van der Waals surface area contributed by atoms with Gasteiger partial charge in [-0.1, -0.05) is 22.8 Å². The third-order valence-corrected chi connectivity index (χ3v) is 2.33. The molecule has 0 spiro atoms. The van der Waals surface area contributed by atoms with Crippen LogP contribution in [-0.2, 0) is 6.54 Å². The third-order valence-electron chi connectivity index (χ3n) is 2.00. The van der Waals surface area contributed by atoms with Crippen molar-refractivity contribution in [2.24, 2.45) is 0 Å². The van der Waals surface area contributed by atoms with E-state index in [2.05, 4.69) is 10.5 Å². The fraction of sp³-hybridized carbons (Fsp3) is 0.100. The van der Waals surface area contributed by atoms with Gasteiger partial charge in [0.1, 0.15) is 12.0 Å².